The van der Waals surface area contributed by atoms with Gasteiger partial charge in [-0.2, -0.15) is 13.2 Å². The maximum absolute atomic E-state index is 13.9. The predicted molar refractivity (Wildman–Crippen MR) is 75.8 cm³/mol. The molecule has 0 aliphatic heterocycles. The highest BCUT2D eigenvalue weighted by atomic mass is 32.2. The second kappa shape index (κ2) is 6.82. The first kappa shape index (κ1) is 19.5. The van der Waals surface area contributed by atoms with Gasteiger partial charge in [0.2, 0.25) is 15.8 Å². The summed E-state index contributed by atoms with van der Waals surface area (Å²) in [6.45, 7) is 0. The number of nitrogens with zero attached hydrogens (tertiary/aromatic N) is 2. The molecular formula is C13H8F5N3O4S. The van der Waals surface area contributed by atoms with Crippen LogP contribution in [0.3, 0.4) is 0 Å². The molecule has 13 heteroatoms. The number of hydrogen-bond acceptors (Lipinski definition) is 6. The summed E-state index contributed by atoms with van der Waals surface area (Å²) in [5, 5.41) is 0. The lowest BCUT2D eigenvalue weighted by atomic mass is 10.2. The molecule has 1 heterocycles. The third-order valence-corrected chi connectivity index (χ3v) is 3.21. The highest BCUT2D eigenvalue weighted by molar-refractivity contribution is 7.89. The number of aromatic nitrogens is 2. The highest BCUT2D eigenvalue weighted by Crippen LogP contribution is 2.29. The quantitative estimate of drug-likeness (QED) is 0.795. The van der Waals surface area contributed by atoms with Crippen molar-refractivity contribution in [2.75, 3.05) is 6.26 Å². The summed E-state index contributed by atoms with van der Waals surface area (Å²) in [4.78, 5) is 17.5. The van der Waals surface area contributed by atoms with Gasteiger partial charge in [0.05, 0.1) is 24.2 Å². The van der Waals surface area contributed by atoms with E-state index in [1.807, 2.05) is 0 Å². The molecule has 2 rings (SSSR count). The van der Waals surface area contributed by atoms with Crippen LogP contribution in [0, 0.1) is 11.6 Å². The van der Waals surface area contributed by atoms with Crippen molar-refractivity contribution in [3.8, 4) is 11.5 Å². The van der Waals surface area contributed by atoms with Gasteiger partial charge in [-0.05, 0) is 6.07 Å². The number of carbonyl (C=O) groups excluding carboxylic acids is 1. The lowest BCUT2D eigenvalue weighted by molar-refractivity contribution is -0.145. The van der Waals surface area contributed by atoms with Crippen LogP contribution in [0.5, 0.6) is 11.5 Å². The van der Waals surface area contributed by atoms with Crippen molar-refractivity contribution < 1.29 is 39.9 Å². The summed E-state index contributed by atoms with van der Waals surface area (Å²) in [7, 11) is -4.00. The molecule has 0 aliphatic rings. The van der Waals surface area contributed by atoms with Crippen LogP contribution in [-0.2, 0) is 16.2 Å². The Kier molecular flexibility index (Phi) is 5.11. The molecule has 1 amide bonds. The minimum absolute atomic E-state index is 0.371. The Labute approximate surface area is 142 Å². The largest absolute Gasteiger partial charge is 0.451 e. The number of hydrogen-bond donors (Lipinski definition) is 1. The number of alkyl halides is 3. The molecule has 7 nitrogen and oxygen atoms in total. The average Bonchev–Trinajstić information content (AvgIpc) is 2.48. The zero-order chi connectivity index (χ0) is 19.7. The lowest BCUT2D eigenvalue weighted by Crippen LogP contribution is -2.30. The molecule has 0 saturated carbocycles. The molecule has 1 aromatic heterocycles. The standard InChI is InChI=1S/C13H8F5N3O4S/c1-26(23,24)21-11(22)7-2-9(15)10(3-8(7)14)25-6-4-19-12(20-5-6)13(16,17)18/h2-5H,1H3,(H,21,22). The van der Waals surface area contributed by atoms with Crippen molar-refractivity contribution >= 4 is 15.9 Å². The van der Waals surface area contributed by atoms with Crippen LogP contribution in [0.4, 0.5) is 22.0 Å². The van der Waals surface area contributed by atoms with Gasteiger partial charge in [-0.1, -0.05) is 0 Å². The van der Waals surface area contributed by atoms with E-state index in [1.165, 1.54) is 4.72 Å². The Balaban J connectivity index is 2.26. The van der Waals surface area contributed by atoms with Crippen LogP contribution in [0.15, 0.2) is 24.5 Å². The zero-order valence-electron chi connectivity index (χ0n) is 12.6. The first-order valence-corrected chi connectivity index (χ1v) is 8.34. The molecule has 0 spiro atoms. The minimum Gasteiger partial charge on any atom is -0.451 e. The van der Waals surface area contributed by atoms with E-state index < -0.39 is 56.6 Å². The second-order valence-corrected chi connectivity index (χ2v) is 6.56. The summed E-state index contributed by atoms with van der Waals surface area (Å²) in [6.07, 6.45) is -2.96. The summed E-state index contributed by atoms with van der Waals surface area (Å²) >= 11 is 0. The molecule has 26 heavy (non-hydrogen) atoms. The number of nitrogens with one attached hydrogen (secondary N) is 1. The van der Waals surface area contributed by atoms with Gasteiger partial charge in [0.25, 0.3) is 5.91 Å². The van der Waals surface area contributed by atoms with Crippen LogP contribution in [-0.4, -0.2) is 30.5 Å². The normalized spacial score (nSPS) is 11.9. The van der Waals surface area contributed by atoms with Gasteiger partial charge in [-0.3, -0.25) is 4.79 Å². The third kappa shape index (κ3) is 4.84. The Hall–Kier alpha value is -2.83. The Bertz CT molecular complexity index is 945. The summed E-state index contributed by atoms with van der Waals surface area (Å²) in [6, 6.07) is 0.792. The topological polar surface area (TPSA) is 98.2 Å². The second-order valence-electron chi connectivity index (χ2n) is 4.81. The van der Waals surface area contributed by atoms with Crippen LogP contribution in [0.2, 0.25) is 0 Å². The molecule has 0 atom stereocenters. The van der Waals surface area contributed by atoms with Gasteiger partial charge in [0.1, 0.15) is 5.82 Å². The fourth-order valence-corrected chi connectivity index (χ4v) is 2.09. The predicted octanol–water partition coefficient (Wildman–Crippen LogP) is 2.26. The molecule has 0 aliphatic carbocycles. The molecule has 0 unspecified atom stereocenters. The molecular weight excluding hydrogens is 389 g/mol. The van der Waals surface area contributed by atoms with Crippen molar-refractivity contribution in [1.82, 2.24) is 14.7 Å². The van der Waals surface area contributed by atoms with E-state index in [0.29, 0.717) is 30.8 Å². The molecule has 1 aromatic carbocycles. The van der Waals surface area contributed by atoms with Gasteiger partial charge < -0.3 is 4.74 Å². The van der Waals surface area contributed by atoms with E-state index in [4.69, 9.17) is 4.74 Å². The lowest BCUT2D eigenvalue weighted by Gasteiger charge is -2.10. The number of carbonyl (C=O) groups is 1. The van der Waals surface area contributed by atoms with Gasteiger partial charge in [-0.15, -0.1) is 0 Å². The number of rotatable bonds is 4. The van der Waals surface area contributed by atoms with Crippen molar-refractivity contribution in [1.29, 1.82) is 0 Å². The first-order valence-electron chi connectivity index (χ1n) is 6.45. The SMILES string of the molecule is CS(=O)(=O)NC(=O)c1cc(F)c(Oc2cnc(C(F)(F)F)nc2)cc1F. The van der Waals surface area contributed by atoms with E-state index in [-0.39, 0.29) is 0 Å². The third-order valence-electron chi connectivity index (χ3n) is 2.65. The number of amides is 1. The Morgan fingerprint density at radius 1 is 1.12 bits per heavy atom. The van der Waals surface area contributed by atoms with E-state index in [0.717, 1.165) is 0 Å². The number of benzene rings is 1. The average molecular weight is 397 g/mol. The fourth-order valence-electron chi connectivity index (χ4n) is 1.65. The van der Waals surface area contributed by atoms with Crippen LogP contribution in [0.1, 0.15) is 16.2 Å². The van der Waals surface area contributed by atoms with Gasteiger partial charge in [0, 0.05) is 6.07 Å². The summed E-state index contributed by atoms with van der Waals surface area (Å²) in [5.41, 5.74) is -0.913. The highest BCUT2D eigenvalue weighted by Gasteiger charge is 2.34. The van der Waals surface area contributed by atoms with E-state index >= 15 is 0 Å². The maximum Gasteiger partial charge on any atom is 0.451 e. The number of halogens is 5. The first-order chi connectivity index (χ1) is 11.9. The molecule has 0 bridgehead atoms. The molecule has 0 saturated heterocycles. The van der Waals surface area contributed by atoms with E-state index in [1.54, 1.807) is 0 Å². The Morgan fingerprint density at radius 3 is 2.19 bits per heavy atom. The van der Waals surface area contributed by atoms with Crippen LogP contribution < -0.4 is 9.46 Å². The molecule has 0 fully saturated rings. The van der Waals surface area contributed by atoms with Crippen molar-refractivity contribution in [3.63, 3.8) is 0 Å². The zero-order valence-corrected chi connectivity index (χ0v) is 13.5. The Morgan fingerprint density at radius 2 is 1.69 bits per heavy atom. The van der Waals surface area contributed by atoms with Crippen LogP contribution >= 0.6 is 0 Å². The maximum atomic E-state index is 13.9. The number of sulfonamides is 1. The van der Waals surface area contributed by atoms with E-state index in [9.17, 15) is 35.2 Å². The summed E-state index contributed by atoms with van der Waals surface area (Å²) in [5.74, 6) is -6.66. The minimum atomic E-state index is -4.79. The monoisotopic (exact) mass is 397 g/mol. The van der Waals surface area contributed by atoms with Crippen molar-refractivity contribution in [2.45, 2.75) is 6.18 Å². The smallest absolute Gasteiger partial charge is 0.451 e. The molecule has 140 valence electrons. The summed E-state index contributed by atoms with van der Waals surface area (Å²) < 4.78 is 93.1. The molecule has 1 N–H and O–H groups in total. The fraction of sp³-hybridized carbons (Fsp3) is 0.154. The van der Waals surface area contributed by atoms with E-state index in [2.05, 4.69) is 9.97 Å². The van der Waals surface area contributed by atoms with Crippen LogP contribution in [0.25, 0.3) is 0 Å². The molecule has 0 radical (unpaired) electrons. The van der Waals surface area contributed by atoms with Gasteiger partial charge in [-0.25, -0.2) is 31.9 Å². The van der Waals surface area contributed by atoms with Crippen molar-refractivity contribution in [2.24, 2.45) is 0 Å². The molecule has 2 aromatic rings. The van der Waals surface area contributed by atoms with Gasteiger partial charge >= 0.3 is 6.18 Å². The van der Waals surface area contributed by atoms with Crippen molar-refractivity contribution in [3.05, 3.63) is 47.5 Å². The van der Waals surface area contributed by atoms with Gasteiger partial charge in [0.15, 0.2) is 17.3 Å². The number of ether oxygens (including phenoxy) is 1.